The minimum absolute atomic E-state index is 0.0325. The van der Waals surface area contributed by atoms with Crippen molar-refractivity contribution in [3.63, 3.8) is 0 Å². The van der Waals surface area contributed by atoms with Gasteiger partial charge in [-0.1, -0.05) is 6.07 Å². The van der Waals surface area contributed by atoms with Crippen molar-refractivity contribution >= 4 is 5.91 Å². The fraction of sp³-hybridized carbons (Fsp3) is 0.222. The van der Waals surface area contributed by atoms with Gasteiger partial charge >= 0.3 is 0 Å². The Kier molecular flexibility index (Phi) is 3.78. The first kappa shape index (κ1) is 14.6. The van der Waals surface area contributed by atoms with Crippen LogP contribution in [0.2, 0.25) is 0 Å². The van der Waals surface area contributed by atoms with E-state index in [2.05, 4.69) is 15.0 Å². The Morgan fingerprint density at radius 3 is 2.83 bits per heavy atom. The topological polar surface area (TPSA) is 63.9 Å². The van der Waals surface area contributed by atoms with Gasteiger partial charge in [0.15, 0.2) is 0 Å². The van der Waals surface area contributed by atoms with Gasteiger partial charge in [-0.3, -0.25) is 14.3 Å². The zero-order valence-corrected chi connectivity index (χ0v) is 13.1. The van der Waals surface area contributed by atoms with E-state index in [1.54, 1.807) is 35.6 Å². The number of carbonyl (C=O) groups is 1. The molecule has 0 bridgehead atoms. The SMILES string of the molecule is O=C(c1ccnc(-n2ccnc2)c1)N(Cc1cccnc1)C1CC1. The zero-order valence-electron chi connectivity index (χ0n) is 13.1. The van der Waals surface area contributed by atoms with E-state index in [1.807, 2.05) is 35.5 Å². The van der Waals surface area contributed by atoms with E-state index in [4.69, 9.17) is 0 Å². The van der Waals surface area contributed by atoms with Crippen LogP contribution >= 0.6 is 0 Å². The van der Waals surface area contributed by atoms with Gasteiger partial charge in [-0.15, -0.1) is 0 Å². The lowest BCUT2D eigenvalue weighted by Crippen LogP contribution is -2.32. The summed E-state index contributed by atoms with van der Waals surface area (Å²) in [5.74, 6) is 0.723. The lowest BCUT2D eigenvalue weighted by molar-refractivity contribution is 0.0729. The van der Waals surface area contributed by atoms with Crippen molar-refractivity contribution in [2.45, 2.75) is 25.4 Å². The van der Waals surface area contributed by atoms with E-state index in [0.717, 1.165) is 18.4 Å². The summed E-state index contributed by atoms with van der Waals surface area (Å²) in [6.07, 6.45) is 12.5. The van der Waals surface area contributed by atoms with Crippen LogP contribution < -0.4 is 0 Å². The zero-order chi connectivity index (χ0) is 16.4. The lowest BCUT2D eigenvalue weighted by Gasteiger charge is -2.22. The van der Waals surface area contributed by atoms with Gasteiger partial charge in [-0.05, 0) is 36.6 Å². The number of imidazole rings is 1. The molecule has 0 atom stereocenters. The molecule has 0 aliphatic heterocycles. The van der Waals surface area contributed by atoms with Crippen molar-refractivity contribution in [1.82, 2.24) is 24.4 Å². The predicted molar refractivity (Wildman–Crippen MR) is 88.5 cm³/mol. The second-order valence-electron chi connectivity index (χ2n) is 5.90. The summed E-state index contributed by atoms with van der Waals surface area (Å²) in [5.41, 5.74) is 1.69. The van der Waals surface area contributed by atoms with Crippen LogP contribution in [0.15, 0.2) is 61.6 Å². The maximum absolute atomic E-state index is 13.0. The van der Waals surface area contributed by atoms with Crippen molar-refractivity contribution in [3.05, 3.63) is 72.7 Å². The molecule has 24 heavy (non-hydrogen) atoms. The normalized spacial score (nSPS) is 13.7. The molecule has 6 heteroatoms. The van der Waals surface area contributed by atoms with Crippen molar-refractivity contribution in [1.29, 1.82) is 0 Å². The third kappa shape index (κ3) is 3.03. The van der Waals surface area contributed by atoms with Gasteiger partial charge in [-0.2, -0.15) is 0 Å². The number of pyridine rings is 2. The quantitative estimate of drug-likeness (QED) is 0.725. The van der Waals surface area contributed by atoms with E-state index in [0.29, 0.717) is 24.0 Å². The molecule has 1 amide bonds. The Morgan fingerprint density at radius 2 is 2.12 bits per heavy atom. The highest BCUT2D eigenvalue weighted by Crippen LogP contribution is 2.29. The molecule has 1 saturated carbocycles. The van der Waals surface area contributed by atoms with Crippen molar-refractivity contribution < 1.29 is 4.79 Å². The standard InChI is InChI=1S/C18H17N5O/c24-18(15-5-7-21-17(10-15)22-9-8-20-13-22)23(16-3-4-16)12-14-2-1-6-19-11-14/h1-2,5-11,13,16H,3-4,12H2. The molecule has 1 aliphatic rings. The summed E-state index contributed by atoms with van der Waals surface area (Å²) in [4.78, 5) is 27.4. The number of amides is 1. The van der Waals surface area contributed by atoms with E-state index in [-0.39, 0.29) is 5.91 Å². The number of nitrogens with zero attached hydrogens (tertiary/aromatic N) is 5. The first-order valence-corrected chi connectivity index (χ1v) is 7.95. The average Bonchev–Trinajstić information content (AvgIpc) is 3.33. The van der Waals surface area contributed by atoms with Crippen LogP contribution in [0, 0.1) is 0 Å². The Hall–Kier alpha value is -3.02. The minimum atomic E-state index is 0.0325. The highest BCUT2D eigenvalue weighted by atomic mass is 16.2. The minimum Gasteiger partial charge on any atom is -0.331 e. The molecule has 6 nitrogen and oxygen atoms in total. The maximum Gasteiger partial charge on any atom is 0.254 e. The molecule has 3 aromatic heterocycles. The maximum atomic E-state index is 13.0. The second-order valence-corrected chi connectivity index (χ2v) is 5.90. The molecule has 0 unspecified atom stereocenters. The summed E-state index contributed by atoms with van der Waals surface area (Å²) < 4.78 is 1.79. The van der Waals surface area contributed by atoms with Crippen LogP contribution in [-0.2, 0) is 6.54 Å². The van der Waals surface area contributed by atoms with Gasteiger partial charge in [0.25, 0.3) is 5.91 Å². The van der Waals surface area contributed by atoms with Crippen molar-refractivity contribution in [2.24, 2.45) is 0 Å². The Morgan fingerprint density at radius 1 is 1.21 bits per heavy atom. The molecule has 1 aliphatic carbocycles. The third-order valence-electron chi connectivity index (χ3n) is 4.09. The molecule has 0 radical (unpaired) electrons. The first-order chi connectivity index (χ1) is 11.8. The first-order valence-electron chi connectivity index (χ1n) is 7.95. The highest BCUT2D eigenvalue weighted by molar-refractivity contribution is 5.95. The number of hydrogen-bond acceptors (Lipinski definition) is 4. The summed E-state index contributed by atoms with van der Waals surface area (Å²) >= 11 is 0. The molecule has 0 N–H and O–H groups in total. The molecule has 0 aromatic carbocycles. The number of rotatable bonds is 5. The van der Waals surface area contributed by atoms with Gasteiger partial charge < -0.3 is 4.90 Å². The van der Waals surface area contributed by atoms with Crippen LogP contribution in [0.5, 0.6) is 0 Å². The van der Waals surface area contributed by atoms with Crippen molar-refractivity contribution in [2.75, 3.05) is 0 Å². The smallest absolute Gasteiger partial charge is 0.254 e. The fourth-order valence-electron chi connectivity index (χ4n) is 2.69. The monoisotopic (exact) mass is 319 g/mol. The summed E-state index contributed by atoms with van der Waals surface area (Å²) in [5, 5.41) is 0. The van der Waals surface area contributed by atoms with Crippen LogP contribution in [0.25, 0.3) is 5.82 Å². The molecule has 0 spiro atoms. The summed E-state index contributed by atoms with van der Waals surface area (Å²) in [6, 6.07) is 7.79. The van der Waals surface area contributed by atoms with E-state index in [1.165, 1.54) is 0 Å². The molecular weight excluding hydrogens is 302 g/mol. The van der Waals surface area contributed by atoms with Gasteiger partial charge in [0.1, 0.15) is 12.1 Å². The molecule has 4 rings (SSSR count). The Balaban J connectivity index is 1.60. The van der Waals surface area contributed by atoms with E-state index < -0.39 is 0 Å². The molecule has 3 heterocycles. The lowest BCUT2D eigenvalue weighted by atomic mass is 10.2. The van der Waals surface area contributed by atoms with E-state index >= 15 is 0 Å². The summed E-state index contributed by atoms with van der Waals surface area (Å²) in [6.45, 7) is 0.583. The highest BCUT2D eigenvalue weighted by Gasteiger charge is 2.33. The molecular formula is C18H17N5O. The van der Waals surface area contributed by atoms with Gasteiger partial charge in [0.05, 0.1) is 0 Å². The van der Waals surface area contributed by atoms with Crippen molar-refractivity contribution in [3.8, 4) is 5.82 Å². The van der Waals surface area contributed by atoms with Gasteiger partial charge in [0.2, 0.25) is 0 Å². The number of hydrogen-bond donors (Lipinski definition) is 0. The number of aromatic nitrogens is 4. The number of carbonyl (C=O) groups excluding carboxylic acids is 1. The van der Waals surface area contributed by atoms with Gasteiger partial charge in [0, 0.05) is 49.1 Å². The average molecular weight is 319 g/mol. The fourth-order valence-corrected chi connectivity index (χ4v) is 2.69. The molecule has 3 aromatic rings. The van der Waals surface area contributed by atoms with Gasteiger partial charge in [-0.25, -0.2) is 9.97 Å². The summed E-state index contributed by atoms with van der Waals surface area (Å²) in [7, 11) is 0. The Labute approximate surface area is 139 Å². The van der Waals surface area contributed by atoms with Crippen LogP contribution in [0.1, 0.15) is 28.8 Å². The van der Waals surface area contributed by atoms with E-state index in [9.17, 15) is 4.79 Å². The molecule has 0 saturated heterocycles. The van der Waals surface area contributed by atoms with Crippen LogP contribution in [-0.4, -0.2) is 36.4 Å². The largest absolute Gasteiger partial charge is 0.331 e. The predicted octanol–water partition coefficient (Wildman–Crippen LogP) is 2.47. The second kappa shape index (κ2) is 6.23. The van der Waals surface area contributed by atoms with Crippen LogP contribution in [0.4, 0.5) is 0 Å². The molecule has 120 valence electrons. The Bertz CT molecular complexity index is 828. The third-order valence-corrected chi connectivity index (χ3v) is 4.09. The van der Waals surface area contributed by atoms with Crippen LogP contribution in [0.3, 0.4) is 0 Å². The molecule has 1 fully saturated rings.